The van der Waals surface area contributed by atoms with Gasteiger partial charge < -0.3 is 10.1 Å². The number of benzene rings is 2. The van der Waals surface area contributed by atoms with Crippen molar-refractivity contribution in [3.63, 3.8) is 0 Å². The van der Waals surface area contributed by atoms with Crippen LogP contribution in [-0.2, 0) is 11.4 Å². The van der Waals surface area contributed by atoms with Crippen molar-refractivity contribution in [3.05, 3.63) is 73.3 Å². The molecule has 2 heterocycles. The molecule has 1 aliphatic rings. The van der Waals surface area contributed by atoms with E-state index >= 15 is 0 Å². The smallest absolute Gasteiger partial charge is 0.227 e. The van der Waals surface area contributed by atoms with Crippen molar-refractivity contribution in [2.24, 2.45) is 0 Å². The van der Waals surface area contributed by atoms with E-state index in [-0.39, 0.29) is 12.4 Å². The van der Waals surface area contributed by atoms with Gasteiger partial charge >= 0.3 is 0 Å². The summed E-state index contributed by atoms with van der Waals surface area (Å²) in [7, 11) is 0. The zero-order chi connectivity index (χ0) is 25.1. The summed E-state index contributed by atoms with van der Waals surface area (Å²) in [5.41, 5.74) is 2.97. The van der Waals surface area contributed by atoms with Crippen molar-refractivity contribution in [1.82, 2.24) is 14.8 Å². The van der Waals surface area contributed by atoms with Crippen LogP contribution >= 0.6 is 50.9 Å². The fourth-order valence-corrected chi connectivity index (χ4v) is 5.66. The maximum atomic E-state index is 12.8. The fourth-order valence-electron chi connectivity index (χ4n) is 3.90. The maximum absolute atomic E-state index is 12.8. The second-order valence-corrected chi connectivity index (χ2v) is 11.0. The molecule has 184 valence electrons. The molecule has 0 saturated carbocycles. The van der Waals surface area contributed by atoms with E-state index in [9.17, 15) is 4.79 Å². The molecule has 10 heteroatoms. The van der Waals surface area contributed by atoms with E-state index in [4.69, 9.17) is 33.0 Å². The van der Waals surface area contributed by atoms with Crippen molar-refractivity contribution in [2.45, 2.75) is 51.4 Å². The van der Waals surface area contributed by atoms with Crippen LogP contribution in [0.3, 0.4) is 0 Å². The molecule has 3 aromatic rings. The first kappa shape index (κ1) is 26.1. The quantitative estimate of drug-likeness (QED) is 0.202. The highest BCUT2D eigenvalue weighted by atomic mass is 79.9. The Morgan fingerprint density at radius 2 is 2.06 bits per heavy atom. The fraction of sp³-hybridized carbons (Fsp3) is 0.320. The molecule has 0 spiro atoms. The Morgan fingerprint density at radius 3 is 2.77 bits per heavy atom. The molecule has 0 bridgehead atoms. The van der Waals surface area contributed by atoms with Crippen LogP contribution < -0.4 is 10.1 Å². The van der Waals surface area contributed by atoms with Gasteiger partial charge in [0.2, 0.25) is 11.1 Å². The van der Waals surface area contributed by atoms with E-state index in [1.165, 1.54) is 0 Å². The van der Waals surface area contributed by atoms with Crippen molar-refractivity contribution >= 4 is 62.6 Å². The average Bonchev–Trinajstić information content (AvgIpc) is 3.20. The second-order valence-electron chi connectivity index (χ2n) is 8.19. The van der Waals surface area contributed by atoms with Crippen LogP contribution in [-0.4, -0.2) is 26.3 Å². The first-order valence-electron chi connectivity index (χ1n) is 11.2. The Labute approximate surface area is 227 Å². The number of carbonyl (C=O) groups excluding carboxylic acids is 1. The highest BCUT2D eigenvalue weighted by Gasteiger charge is 2.34. The van der Waals surface area contributed by atoms with Crippen LogP contribution in [0.25, 0.3) is 0 Å². The molecule has 0 aliphatic carbocycles. The third-order valence-electron chi connectivity index (χ3n) is 5.61. The number of hydrogen-bond acceptors (Lipinski definition) is 6. The van der Waals surface area contributed by atoms with Gasteiger partial charge in [0.15, 0.2) is 5.78 Å². The van der Waals surface area contributed by atoms with E-state index in [1.54, 1.807) is 35.5 Å². The van der Waals surface area contributed by atoms with Gasteiger partial charge in [-0.25, -0.2) is 4.68 Å². The SMILES string of the molecule is CCCCSc1nc2n(n1)C(c1cc(Br)ccc1OCc1ccc(Cl)cc1Cl)C(C(C)=O)=C(C)N2. The highest BCUT2D eigenvalue weighted by molar-refractivity contribution is 9.10. The second kappa shape index (κ2) is 11.4. The number of Topliss-reactive ketones (excluding diaryl/α,β-unsaturated/α-hetero) is 1. The predicted octanol–water partition coefficient (Wildman–Crippen LogP) is 7.70. The topological polar surface area (TPSA) is 69.0 Å². The van der Waals surface area contributed by atoms with Gasteiger partial charge in [-0.15, -0.1) is 5.10 Å². The predicted molar refractivity (Wildman–Crippen MR) is 146 cm³/mol. The summed E-state index contributed by atoms with van der Waals surface area (Å²) in [6.45, 7) is 5.86. The van der Waals surface area contributed by atoms with E-state index in [0.717, 1.165) is 39.9 Å². The summed E-state index contributed by atoms with van der Waals surface area (Å²) < 4.78 is 8.89. The molecule has 1 aliphatic heterocycles. The lowest BCUT2D eigenvalue weighted by molar-refractivity contribution is -0.114. The third-order valence-corrected chi connectivity index (χ3v) is 7.61. The van der Waals surface area contributed by atoms with E-state index in [1.807, 2.05) is 31.2 Å². The molecule has 6 nitrogen and oxygen atoms in total. The number of nitrogens with one attached hydrogen (secondary N) is 1. The van der Waals surface area contributed by atoms with Gasteiger partial charge in [-0.3, -0.25) is 4.79 Å². The van der Waals surface area contributed by atoms with Gasteiger partial charge in [-0.1, -0.05) is 70.3 Å². The lowest BCUT2D eigenvalue weighted by Gasteiger charge is -2.29. The average molecular weight is 596 g/mol. The monoisotopic (exact) mass is 594 g/mol. The summed E-state index contributed by atoms with van der Waals surface area (Å²) in [6, 6.07) is 10.6. The first-order chi connectivity index (χ1) is 16.8. The zero-order valence-electron chi connectivity index (χ0n) is 19.6. The molecule has 2 aromatic carbocycles. The number of hydrogen-bond donors (Lipinski definition) is 1. The molecule has 4 rings (SSSR count). The van der Waals surface area contributed by atoms with Crippen LogP contribution in [0.1, 0.15) is 50.8 Å². The molecular formula is C25H25BrCl2N4O2S. The molecule has 1 atom stereocenters. The zero-order valence-corrected chi connectivity index (χ0v) is 23.5. The number of ether oxygens (including phenoxy) is 1. The molecule has 0 saturated heterocycles. The van der Waals surface area contributed by atoms with Crippen molar-refractivity contribution in [2.75, 3.05) is 11.1 Å². The molecule has 1 unspecified atom stereocenters. The normalized spacial score (nSPS) is 15.1. The van der Waals surface area contributed by atoms with Crippen LogP contribution in [0.15, 0.2) is 57.3 Å². The molecule has 0 amide bonds. The summed E-state index contributed by atoms with van der Waals surface area (Å²) in [5, 5.41) is 9.81. The summed E-state index contributed by atoms with van der Waals surface area (Å²) >= 11 is 17.6. The van der Waals surface area contributed by atoms with Crippen molar-refractivity contribution < 1.29 is 9.53 Å². The van der Waals surface area contributed by atoms with Crippen LogP contribution in [0.4, 0.5) is 5.95 Å². The number of nitrogens with zero attached hydrogens (tertiary/aromatic N) is 3. The molecule has 1 N–H and O–H groups in total. The largest absolute Gasteiger partial charge is 0.488 e. The minimum Gasteiger partial charge on any atom is -0.488 e. The lowest BCUT2D eigenvalue weighted by Crippen LogP contribution is -2.28. The highest BCUT2D eigenvalue weighted by Crippen LogP contribution is 2.41. The third kappa shape index (κ3) is 5.88. The Morgan fingerprint density at radius 1 is 1.26 bits per heavy atom. The summed E-state index contributed by atoms with van der Waals surface area (Å²) in [6.07, 6.45) is 2.19. The minimum absolute atomic E-state index is 0.0481. The Balaban J connectivity index is 1.75. The summed E-state index contributed by atoms with van der Waals surface area (Å²) in [5.74, 6) is 2.11. The molecule has 0 radical (unpaired) electrons. The molecular weight excluding hydrogens is 571 g/mol. The number of allylic oxidation sites excluding steroid dienone is 2. The van der Waals surface area contributed by atoms with E-state index < -0.39 is 6.04 Å². The lowest BCUT2D eigenvalue weighted by atomic mass is 9.92. The van der Waals surface area contributed by atoms with Crippen molar-refractivity contribution in [3.8, 4) is 5.75 Å². The number of unbranched alkanes of at least 4 members (excludes halogenated alkanes) is 1. The number of thioether (sulfide) groups is 1. The number of fused-ring (bicyclic) bond motifs is 1. The molecule has 0 fully saturated rings. The molecule has 35 heavy (non-hydrogen) atoms. The number of aromatic nitrogens is 3. The maximum Gasteiger partial charge on any atom is 0.227 e. The van der Waals surface area contributed by atoms with Crippen LogP contribution in [0, 0.1) is 0 Å². The summed E-state index contributed by atoms with van der Waals surface area (Å²) in [4.78, 5) is 17.5. The minimum atomic E-state index is -0.495. The Bertz CT molecular complexity index is 1290. The van der Waals surface area contributed by atoms with Gasteiger partial charge in [0.05, 0.1) is 0 Å². The number of carbonyl (C=O) groups is 1. The van der Waals surface area contributed by atoms with Gasteiger partial charge in [0, 0.05) is 42.7 Å². The van der Waals surface area contributed by atoms with E-state index in [0.29, 0.717) is 32.5 Å². The Kier molecular flexibility index (Phi) is 8.47. The van der Waals surface area contributed by atoms with Gasteiger partial charge in [0.25, 0.3) is 0 Å². The number of anilines is 1. The van der Waals surface area contributed by atoms with E-state index in [2.05, 4.69) is 33.2 Å². The number of ketones is 1. The van der Waals surface area contributed by atoms with Gasteiger partial charge in [-0.05, 0) is 50.6 Å². The van der Waals surface area contributed by atoms with Gasteiger partial charge in [0.1, 0.15) is 18.4 Å². The van der Waals surface area contributed by atoms with Crippen molar-refractivity contribution in [1.29, 1.82) is 0 Å². The first-order valence-corrected chi connectivity index (χ1v) is 13.8. The van der Waals surface area contributed by atoms with Crippen LogP contribution in [0.2, 0.25) is 10.0 Å². The number of halogens is 3. The number of rotatable bonds is 9. The van der Waals surface area contributed by atoms with Gasteiger partial charge in [-0.2, -0.15) is 4.98 Å². The van der Waals surface area contributed by atoms with Crippen LogP contribution in [0.5, 0.6) is 5.75 Å². The standard InChI is InChI=1S/C25H25BrCl2N4O2S/c1-4-5-10-35-25-30-24-29-14(2)22(15(3)33)23(32(24)31-25)19-11-17(26)7-9-21(19)34-13-16-6-8-18(27)12-20(16)28/h6-9,11-12,23H,4-5,10,13H2,1-3H3,(H,29,30,31). The Hall–Kier alpha value is -2.00. The molecule has 1 aromatic heterocycles.